The molecule has 0 amide bonds. The molecule has 0 aliphatic rings. The molecule has 0 saturated carbocycles. The van der Waals surface area contributed by atoms with Gasteiger partial charge >= 0.3 is 0 Å². The fraction of sp³-hybridized carbons (Fsp3) is 0.462. The van der Waals surface area contributed by atoms with E-state index in [4.69, 9.17) is 4.74 Å². The lowest BCUT2D eigenvalue weighted by Crippen LogP contribution is -2.15. The van der Waals surface area contributed by atoms with Gasteiger partial charge in [0.25, 0.3) is 0 Å². The van der Waals surface area contributed by atoms with Crippen molar-refractivity contribution < 1.29 is 14.6 Å². The van der Waals surface area contributed by atoms with Gasteiger partial charge in [-0.1, -0.05) is 47.2 Å². The Morgan fingerprint density at radius 3 is 2.65 bits per heavy atom. The van der Waals surface area contributed by atoms with E-state index in [2.05, 4.69) is 22.6 Å². The lowest BCUT2D eigenvalue weighted by Gasteiger charge is -2.14. The van der Waals surface area contributed by atoms with Gasteiger partial charge in [0.15, 0.2) is 12.0 Å². The van der Waals surface area contributed by atoms with Crippen LogP contribution in [0.3, 0.4) is 0 Å². The van der Waals surface area contributed by atoms with Gasteiger partial charge in [0.1, 0.15) is 0 Å². The summed E-state index contributed by atoms with van der Waals surface area (Å²) in [5.41, 5.74) is 1.11. The molecule has 0 aromatic rings. The Kier molecular flexibility index (Phi) is 9.07. The molecule has 1 N–H and O–H groups in total. The number of rotatable bonds is 7. The Balaban J connectivity index is 4.41. The number of carbonyl (C=O) groups excluding carboxylic acids is 1. The maximum absolute atomic E-state index is 10.5. The molecule has 17 heavy (non-hydrogen) atoms. The molecular formula is C13H19IO3. The van der Waals surface area contributed by atoms with E-state index in [1.165, 1.54) is 7.11 Å². The monoisotopic (exact) mass is 350 g/mol. The van der Waals surface area contributed by atoms with Crippen LogP contribution in [0, 0.1) is 5.92 Å². The van der Waals surface area contributed by atoms with Crippen LogP contribution in [0.1, 0.15) is 20.3 Å². The van der Waals surface area contributed by atoms with E-state index in [0.29, 0.717) is 12.7 Å². The minimum atomic E-state index is -0.516. The van der Waals surface area contributed by atoms with Crippen LogP contribution >= 0.6 is 22.6 Å². The van der Waals surface area contributed by atoms with Crippen LogP contribution in [0.5, 0.6) is 0 Å². The van der Waals surface area contributed by atoms with Crippen molar-refractivity contribution in [3.05, 3.63) is 33.6 Å². The van der Waals surface area contributed by atoms with Crippen LogP contribution in [0.2, 0.25) is 0 Å². The fourth-order valence-electron chi connectivity index (χ4n) is 1.31. The zero-order chi connectivity index (χ0) is 13.3. The number of halogens is 1. The fourth-order valence-corrected chi connectivity index (χ4v) is 1.88. The average Bonchev–Trinajstić information content (AvgIpc) is 2.30. The first-order valence-corrected chi connectivity index (χ1v) is 6.62. The molecule has 0 unspecified atom stereocenters. The standard InChI is InChI=1S/C13H19IO3/c1-10(6-7-14)8-11(2)13(16)5-4-12(9-15)17-3/h4,6-9,11,13,16H,5H2,1-3H3/b7-6-,10-8+,12-4+/t11-,13-/m0/s1. The molecule has 0 rings (SSSR count). The van der Waals surface area contributed by atoms with Crippen LogP contribution in [0.15, 0.2) is 33.6 Å². The third-order valence-electron chi connectivity index (χ3n) is 2.37. The third kappa shape index (κ3) is 7.33. The highest BCUT2D eigenvalue weighted by atomic mass is 127. The molecule has 96 valence electrons. The van der Waals surface area contributed by atoms with Gasteiger partial charge in [-0.25, -0.2) is 0 Å². The molecule has 2 atom stereocenters. The summed E-state index contributed by atoms with van der Waals surface area (Å²) >= 11 is 2.15. The number of aldehydes is 1. The molecule has 0 aromatic heterocycles. The van der Waals surface area contributed by atoms with Crippen molar-refractivity contribution in [2.24, 2.45) is 5.92 Å². The lowest BCUT2D eigenvalue weighted by molar-refractivity contribution is -0.107. The largest absolute Gasteiger partial charge is 0.494 e. The summed E-state index contributed by atoms with van der Waals surface area (Å²) in [6.45, 7) is 3.93. The van der Waals surface area contributed by atoms with Crippen molar-refractivity contribution in [1.82, 2.24) is 0 Å². The predicted molar refractivity (Wildman–Crippen MR) is 77.9 cm³/mol. The highest BCUT2D eigenvalue weighted by Gasteiger charge is 2.10. The van der Waals surface area contributed by atoms with Crippen molar-refractivity contribution >= 4 is 28.9 Å². The second-order valence-corrected chi connectivity index (χ2v) is 4.51. The molecule has 0 fully saturated rings. The van der Waals surface area contributed by atoms with E-state index in [1.807, 2.05) is 30.1 Å². The maximum Gasteiger partial charge on any atom is 0.184 e. The Morgan fingerprint density at radius 2 is 2.18 bits per heavy atom. The second-order valence-electron chi connectivity index (χ2n) is 3.79. The van der Waals surface area contributed by atoms with Gasteiger partial charge in [0, 0.05) is 5.92 Å². The zero-order valence-electron chi connectivity index (χ0n) is 10.4. The number of allylic oxidation sites excluding steroid dienone is 3. The molecule has 4 heteroatoms. The summed E-state index contributed by atoms with van der Waals surface area (Å²) in [7, 11) is 1.44. The Labute approximate surface area is 116 Å². The number of hydrogen-bond donors (Lipinski definition) is 1. The molecule has 0 aliphatic carbocycles. The summed E-state index contributed by atoms with van der Waals surface area (Å²) in [5.74, 6) is 0.285. The first kappa shape index (κ1) is 16.4. The van der Waals surface area contributed by atoms with E-state index in [9.17, 15) is 9.90 Å². The Hall–Kier alpha value is -0.620. The summed E-state index contributed by atoms with van der Waals surface area (Å²) in [6.07, 6.45) is 6.11. The molecule has 0 saturated heterocycles. The molecule has 0 aliphatic heterocycles. The average molecular weight is 350 g/mol. The lowest BCUT2D eigenvalue weighted by atomic mass is 9.99. The molecule has 0 aromatic carbocycles. The van der Waals surface area contributed by atoms with E-state index >= 15 is 0 Å². The SMILES string of the molecule is CO/C(C=O)=C/C[C@H](O)[C@@H](C)/C=C(C)/C=C\I. The van der Waals surface area contributed by atoms with Gasteiger partial charge in [0.05, 0.1) is 13.2 Å². The van der Waals surface area contributed by atoms with Gasteiger partial charge in [0.2, 0.25) is 0 Å². The quantitative estimate of drug-likeness (QED) is 0.252. The first-order valence-electron chi connectivity index (χ1n) is 5.37. The maximum atomic E-state index is 10.5. The number of aliphatic hydroxyl groups is 1. The van der Waals surface area contributed by atoms with Gasteiger partial charge in [-0.05, 0) is 23.5 Å². The van der Waals surface area contributed by atoms with E-state index in [-0.39, 0.29) is 11.7 Å². The van der Waals surface area contributed by atoms with Crippen molar-refractivity contribution in [1.29, 1.82) is 0 Å². The smallest absolute Gasteiger partial charge is 0.184 e. The molecule has 0 radical (unpaired) electrons. The van der Waals surface area contributed by atoms with Gasteiger partial charge < -0.3 is 9.84 Å². The number of aliphatic hydroxyl groups excluding tert-OH is 1. The number of methoxy groups -OCH3 is 1. The molecule has 0 bridgehead atoms. The van der Waals surface area contributed by atoms with Crippen LogP contribution in [-0.4, -0.2) is 24.6 Å². The van der Waals surface area contributed by atoms with Crippen LogP contribution < -0.4 is 0 Å². The minimum Gasteiger partial charge on any atom is -0.494 e. The third-order valence-corrected chi connectivity index (χ3v) is 2.73. The van der Waals surface area contributed by atoms with Crippen molar-refractivity contribution in [3.8, 4) is 0 Å². The number of carbonyl (C=O) groups is 1. The van der Waals surface area contributed by atoms with Crippen LogP contribution in [0.25, 0.3) is 0 Å². The van der Waals surface area contributed by atoms with Gasteiger partial charge in [-0.3, -0.25) is 4.79 Å². The molecular weight excluding hydrogens is 331 g/mol. The number of hydrogen-bond acceptors (Lipinski definition) is 3. The summed E-state index contributed by atoms with van der Waals surface area (Å²) < 4.78 is 6.73. The normalized spacial score (nSPS) is 17.0. The van der Waals surface area contributed by atoms with Crippen molar-refractivity contribution in [2.45, 2.75) is 26.4 Å². The van der Waals surface area contributed by atoms with E-state index in [0.717, 1.165) is 5.57 Å². The predicted octanol–water partition coefficient (Wildman–Crippen LogP) is 3.00. The van der Waals surface area contributed by atoms with E-state index < -0.39 is 6.10 Å². The topological polar surface area (TPSA) is 46.5 Å². The van der Waals surface area contributed by atoms with E-state index in [1.54, 1.807) is 6.08 Å². The molecule has 0 spiro atoms. The second kappa shape index (κ2) is 9.41. The van der Waals surface area contributed by atoms with Crippen LogP contribution in [-0.2, 0) is 9.53 Å². The van der Waals surface area contributed by atoms with Crippen molar-refractivity contribution in [3.63, 3.8) is 0 Å². The highest BCUT2D eigenvalue weighted by Crippen LogP contribution is 2.13. The summed E-state index contributed by atoms with van der Waals surface area (Å²) in [6, 6.07) is 0. The molecule has 0 heterocycles. The van der Waals surface area contributed by atoms with Gasteiger partial charge in [-0.15, -0.1) is 0 Å². The summed E-state index contributed by atoms with van der Waals surface area (Å²) in [5, 5.41) is 9.89. The Morgan fingerprint density at radius 1 is 1.53 bits per heavy atom. The van der Waals surface area contributed by atoms with Gasteiger partial charge in [-0.2, -0.15) is 0 Å². The summed E-state index contributed by atoms with van der Waals surface area (Å²) in [4.78, 5) is 10.5. The Bertz CT molecular complexity index is 319. The highest BCUT2D eigenvalue weighted by molar-refractivity contribution is 14.1. The zero-order valence-corrected chi connectivity index (χ0v) is 12.5. The van der Waals surface area contributed by atoms with Crippen LogP contribution in [0.4, 0.5) is 0 Å². The first-order chi connectivity index (χ1) is 8.04. The number of ether oxygens (including phenoxy) is 1. The molecule has 3 nitrogen and oxygen atoms in total. The minimum absolute atomic E-state index is 0.0311. The van der Waals surface area contributed by atoms with Crippen molar-refractivity contribution in [2.75, 3.05) is 7.11 Å².